The minimum atomic E-state index is -0.533. The second kappa shape index (κ2) is 7.59. The highest BCUT2D eigenvalue weighted by molar-refractivity contribution is 6.35. The molecule has 0 fully saturated rings. The van der Waals surface area contributed by atoms with E-state index in [2.05, 4.69) is 30.5 Å². The molecule has 0 aliphatic rings. The van der Waals surface area contributed by atoms with Crippen molar-refractivity contribution in [3.63, 3.8) is 0 Å². The lowest BCUT2D eigenvalue weighted by Gasteiger charge is -2.22. The van der Waals surface area contributed by atoms with Crippen molar-refractivity contribution in [2.45, 2.75) is 19.4 Å². The maximum atomic E-state index is 13.8. The van der Waals surface area contributed by atoms with Crippen molar-refractivity contribution in [2.75, 3.05) is 16.8 Å². The Kier molecular flexibility index (Phi) is 4.96. The van der Waals surface area contributed by atoms with Gasteiger partial charge in [-0.2, -0.15) is 15.1 Å². The molecule has 0 radical (unpaired) electrons. The lowest BCUT2D eigenvalue weighted by atomic mass is 10.1. The van der Waals surface area contributed by atoms with Gasteiger partial charge in [-0.1, -0.05) is 18.5 Å². The molecule has 12 heteroatoms. The summed E-state index contributed by atoms with van der Waals surface area (Å²) in [4.78, 5) is 25.8. The predicted octanol–water partition coefficient (Wildman–Crippen LogP) is 2.42. The third kappa shape index (κ3) is 3.39. The zero-order valence-electron chi connectivity index (χ0n) is 15.7. The molecule has 0 aliphatic carbocycles. The third-order valence-electron chi connectivity index (χ3n) is 4.51. The average molecular weight is 430 g/mol. The molecule has 0 aliphatic heterocycles. The van der Waals surface area contributed by atoms with Gasteiger partial charge in [0.2, 0.25) is 5.95 Å². The van der Waals surface area contributed by atoms with Gasteiger partial charge in [-0.15, -0.1) is 0 Å². The van der Waals surface area contributed by atoms with E-state index in [0.717, 1.165) is 6.07 Å². The van der Waals surface area contributed by atoms with E-state index in [1.807, 2.05) is 6.92 Å². The highest BCUT2D eigenvalue weighted by Crippen LogP contribution is 2.30. The number of rotatable bonds is 5. The van der Waals surface area contributed by atoms with Crippen LogP contribution in [0.1, 0.15) is 25.2 Å². The van der Waals surface area contributed by atoms with Crippen molar-refractivity contribution in [3.8, 4) is 5.82 Å². The molecule has 0 bridgehead atoms. The number of hydrogen-bond acceptors (Lipinski definition) is 8. The molecule has 6 N–H and O–H groups in total. The zero-order valence-corrected chi connectivity index (χ0v) is 16.5. The normalized spacial score (nSPS) is 12.2. The summed E-state index contributed by atoms with van der Waals surface area (Å²) in [7, 11) is 0. The van der Waals surface area contributed by atoms with E-state index in [0.29, 0.717) is 23.6 Å². The van der Waals surface area contributed by atoms with E-state index in [1.54, 1.807) is 6.07 Å². The standard InChI is InChI=1S/C18H17ClFN9O/c1-2-10(24-15-13(19)14(21)26-18(22)27-15)16-25-11-4-3-8(20)7-9(11)17(30)29(16)12-5-6-23-28-12/h3-7,10H,2H2,1H3,(H,23,28)(H5,21,22,24,26,27). The van der Waals surface area contributed by atoms with E-state index in [9.17, 15) is 9.18 Å². The summed E-state index contributed by atoms with van der Waals surface area (Å²) < 4.78 is 15.1. The molecule has 1 unspecified atom stereocenters. The number of nitrogens with one attached hydrogen (secondary N) is 2. The number of nitrogen functional groups attached to an aromatic ring is 2. The average Bonchev–Trinajstić information content (AvgIpc) is 3.24. The van der Waals surface area contributed by atoms with Crippen LogP contribution in [-0.2, 0) is 0 Å². The monoisotopic (exact) mass is 429 g/mol. The van der Waals surface area contributed by atoms with Gasteiger partial charge in [0.1, 0.15) is 28.3 Å². The maximum absolute atomic E-state index is 13.8. The van der Waals surface area contributed by atoms with Gasteiger partial charge in [0.05, 0.1) is 23.1 Å². The molecular weight excluding hydrogens is 413 g/mol. The van der Waals surface area contributed by atoms with Gasteiger partial charge in [-0.3, -0.25) is 9.89 Å². The van der Waals surface area contributed by atoms with Crippen molar-refractivity contribution < 1.29 is 4.39 Å². The number of anilines is 3. The van der Waals surface area contributed by atoms with Crippen LogP contribution in [-0.4, -0.2) is 29.7 Å². The van der Waals surface area contributed by atoms with E-state index in [4.69, 9.17) is 23.1 Å². The molecule has 0 saturated heterocycles. The van der Waals surface area contributed by atoms with Crippen LogP contribution < -0.4 is 22.3 Å². The zero-order chi connectivity index (χ0) is 21.4. The summed E-state index contributed by atoms with van der Waals surface area (Å²) in [5, 5.41) is 10.0. The Morgan fingerprint density at radius 3 is 2.77 bits per heavy atom. The summed E-state index contributed by atoms with van der Waals surface area (Å²) in [6.07, 6.45) is 1.99. The summed E-state index contributed by atoms with van der Waals surface area (Å²) in [5.41, 5.74) is 11.4. The van der Waals surface area contributed by atoms with Crippen LogP contribution in [0.4, 0.5) is 22.0 Å². The molecule has 3 aromatic heterocycles. The second-order valence-corrected chi connectivity index (χ2v) is 6.83. The number of benzene rings is 1. The molecule has 30 heavy (non-hydrogen) atoms. The van der Waals surface area contributed by atoms with Crippen LogP contribution >= 0.6 is 11.6 Å². The van der Waals surface area contributed by atoms with Crippen molar-refractivity contribution in [1.82, 2.24) is 29.7 Å². The van der Waals surface area contributed by atoms with Gasteiger partial charge < -0.3 is 16.8 Å². The first-order valence-electron chi connectivity index (χ1n) is 8.96. The smallest absolute Gasteiger partial charge is 0.267 e. The summed E-state index contributed by atoms with van der Waals surface area (Å²) in [6, 6.07) is 4.93. The fourth-order valence-electron chi connectivity index (χ4n) is 3.11. The van der Waals surface area contributed by atoms with Crippen LogP contribution in [0, 0.1) is 5.82 Å². The number of hydrogen-bond donors (Lipinski definition) is 4. The second-order valence-electron chi connectivity index (χ2n) is 6.45. The van der Waals surface area contributed by atoms with Gasteiger partial charge in [0.15, 0.2) is 5.82 Å². The predicted molar refractivity (Wildman–Crippen MR) is 112 cm³/mol. The molecule has 154 valence electrons. The Morgan fingerprint density at radius 2 is 2.07 bits per heavy atom. The Balaban J connectivity index is 1.93. The SMILES string of the molecule is CCC(Nc1nc(N)nc(N)c1Cl)c1nc2ccc(F)cc2c(=O)n1-c1ccn[nH]1. The lowest BCUT2D eigenvalue weighted by Crippen LogP contribution is -2.28. The third-order valence-corrected chi connectivity index (χ3v) is 4.88. The van der Waals surface area contributed by atoms with Crippen LogP contribution in [0.5, 0.6) is 0 Å². The molecular formula is C18H17ClFN9O. The van der Waals surface area contributed by atoms with Crippen LogP contribution in [0.15, 0.2) is 35.3 Å². The highest BCUT2D eigenvalue weighted by Gasteiger charge is 2.23. The summed E-state index contributed by atoms with van der Waals surface area (Å²) in [6.45, 7) is 1.89. The number of aromatic nitrogens is 6. The van der Waals surface area contributed by atoms with Crippen LogP contribution in [0.2, 0.25) is 5.02 Å². The minimum Gasteiger partial charge on any atom is -0.382 e. The van der Waals surface area contributed by atoms with E-state index < -0.39 is 17.4 Å². The molecule has 3 heterocycles. The fourth-order valence-corrected chi connectivity index (χ4v) is 3.25. The number of fused-ring (bicyclic) bond motifs is 1. The number of H-pyrrole nitrogens is 1. The number of halogens is 2. The largest absolute Gasteiger partial charge is 0.382 e. The fraction of sp³-hybridized carbons (Fsp3) is 0.167. The summed E-state index contributed by atoms with van der Waals surface area (Å²) >= 11 is 6.22. The van der Waals surface area contributed by atoms with Gasteiger partial charge in [0.25, 0.3) is 5.56 Å². The lowest BCUT2D eigenvalue weighted by molar-refractivity contribution is 0.627. The minimum absolute atomic E-state index is 0.0226. The first-order chi connectivity index (χ1) is 14.4. The molecule has 1 aromatic carbocycles. The molecule has 1 atom stereocenters. The Morgan fingerprint density at radius 1 is 1.27 bits per heavy atom. The molecule has 4 aromatic rings. The Labute approximate surface area is 174 Å². The molecule has 10 nitrogen and oxygen atoms in total. The van der Waals surface area contributed by atoms with E-state index in [-0.39, 0.29) is 28.0 Å². The Bertz CT molecular complexity index is 1290. The van der Waals surface area contributed by atoms with Gasteiger partial charge in [-0.25, -0.2) is 13.9 Å². The van der Waals surface area contributed by atoms with Crippen molar-refractivity contribution in [2.24, 2.45) is 0 Å². The first kappa shape index (κ1) is 19.6. The molecule has 0 spiro atoms. The molecule has 0 saturated carbocycles. The molecule has 4 rings (SSSR count). The molecule has 0 amide bonds. The van der Waals surface area contributed by atoms with Crippen molar-refractivity contribution in [3.05, 3.63) is 57.5 Å². The van der Waals surface area contributed by atoms with Crippen LogP contribution in [0.25, 0.3) is 16.7 Å². The number of aromatic amines is 1. The quantitative estimate of drug-likeness (QED) is 0.377. The first-order valence-corrected chi connectivity index (χ1v) is 9.33. The maximum Gasteiger partial charge on any atom is 0.267 e. The van der Waals surface area contributed by atoms with Crippen molar-refractivity contribution in [1.29, 1.82) is 0 Å². The Hall–Kier alpha value is -3.73. The van der Waals surface area contributed by atoms with E-state index >= 15 is 0 Å². The highest BCUT2D eigenvalue weighted by atomic mass is 35.5. The van der Waals surface area contributed by atoms with Gasteiger partial charge in [0, 0.05) is 6.07 Å². The topological polar surface area (TPSA) is 153 Å². The van der Waals surface area contributed by atoms with Gasteiger partial charge in [-0.05, 0) is 24.6 Å². The van der Waals surface area contributed by atoms with Crippen LogP contribution in [0.3, 0.4) is 0 Å². The number of nitrogens with zero attached hydrogens (tertiary/aromatic N) is 5. The number of nitrogens with two attached hydrogens (primary N) is 2. The summed E-state index contributed by atoms with van der Waals surface area (Å²) in [5.74, 6) is 0.364. The van der Waals surface area contributed by atoms with Crippen molar-refractivity contribution >= 4 is 40.1 Å². The van der Waals surface area contributed by atoms with E-state index in [1.165, 1.54) is 22.9 Å². The van der Waals surface area contributed by atoms with Gasteiger partial charge >= 0.3 is 0 Å².